The smallest absolute Gasteiger partial charge is 0.341 e. The summed E-state index contributed by atoms with van der Waals surface area (Å²) in [4.78, 5) is 11.2. The fraction of sp³-hybridized carbons (Fsp3) is 0.500. The van der Waals surface area contributed by atoms with Crippen molar-refractivity contribution < 1.29 is 22.4 Å². The lowest BCUT2D eigenvalue weighted by Gasteiger charge is -2.10. The third-order valence-electron chi connectivity index (χ3n) is 2.33. The molecule has 110 valence electrons. The number of esters is 1. The molecule has 0 spiro atoms. The van der Waals surface area contributed by atoms with Gasteiger partial charge in [0.1, 0.15) is 6.26 Å². The minimum atomic E-state index is -3.75. The summed E-state index contributed by atoms with van der Waals surface area (Å²) in [6.45, 7) is 2.04. The maximum atomic E-state index is 11.8. The van der Waals surface area contributed by atoms with Gasteiger partial charge >= 0.3 is 5.97 Å². The summed E-state index contributed by atoms with van der Waals surface area (Å²) in [5.41, 5.74) is 0.0551. The highest BCUT2D eigenvalue weighted by molar-refractivity contribution is 7.89. The van der Waals surface area contributed by atoms with Gasteiger partial charge in [0, 0.05) is 18.7 Å². The molecule has 0 radical (unpaired) electrons. The largest absolute Gasteiger partial charge is 0.465 e. The van der Waals surface area contributed by atoms with Crippen LogP contribution in [0.3, 0.4) is 0 Å². The third-order valence-corrected chi connectivity index (χ3v) is 3.62. The predicted octanol–water partition coefficient (Wildman–Crippen LogP) is 0.374. The molecule has 9 heteroatoms. The molecule has 0 aliphatic rings. The SMILES string of the molecule is CNC(C)CNS(=O)(=O)c1cc(C(=O)OC)co1.Cl. The Hall–Kier alpha value is -1.09. The van der Waals surface area contributed by atoms with Crippen LogP contribution in [0.4, 0.5) is 0 Å². The molecule has 1 aromatic heterocycles. The highest BCUT2D eigenvalue weighted by Gasteiger charge is 2.21. The quantitative estimate of drug-likeness (QED) is 0.737. The molecule has 1 atom stereocenters. The number of hydrogen-bond donors (Lipinski definition) is 2. The lowest BCUT2D eigenvalue weighted by molar-refractivity contribution is 0.0600. The molecule has 2 N–H and O–H groups in total. The van der Waals surface area contributed by atoms with Gasteiger partial charge in [-0.3, -0.25) is 0 Å². The molecule has 0 saturated heterocycles. The van der Waals surface area contributed by atoms with Crippen LogP contribution < -0.4 is 10.0 Å². The van der Waals surface area contributed by atoms with Crippen LogP contribution in [0.15, 0.2) is 21.8 Å². The number of likely N-dealkylation sites (N-methyl/N-ethyl adjacent to an activating group) is 1. The average molecular weight is 313 g/mol. The summed E-state index contributed by atoms with van der Waals surface area (Å²) < 4.78 is 35.2. The summed E-state index contributed by atoms with van der Waals surface area (Å²) >= 11 is 0. The molecule has 1 rings (SSSR count). The van der Waals surface area contributed by atoms with Gasteiger partial charge in [-0.25, -0.2) is 17.9 Å². The van der Waals surface area contributed by atoms with Crippen LogP contribution in [0.5, 0.6) is 0 Å². The Morgan fingerprint density at radius 3 is 2.68 bits per heavy atom. The van der Waals surface area contributed by atoms with Gasteiger partial charge in [0.05, 0.1) is 12.7 Å². The van der Waals surface area contributed by atoms with Crippen molar-refractivity contribution in [2.45, 2.75) is 18.1 Å². The Kier molecular flexibility index (Phi) is 7.06. The highest BCUT2D eigenvalue weighted by atomic mass is 35.5. The Labute approximate surface area is 118 Å². The van der Waals surface area contributed by atoms with Crippen LogP contribution >= 0.6 is 12.4 Å². The van der Waals surface area contributed by atoms with Crippen LogP contribution in [0.25, 0.3) is 0 Å². The first kappa shape index (κ1) is 17.9. The zero-order valence-corrected chi connectivity index (χ0v) is 12.4. The monoisotopic (exact) mass is 312 g/mol. The van der Waals surface area contributed by atoms with E-state index in [4.69, 9.17) is 4.42 Å². The molecule has 0 fully saturated rings. The number of hydrogen-bond acceptors (Lipinski definition) is 6. The molecule has 1 heterocycles. The molecule has 1 aromatic rings. The Balaban J connectivity index is 0.00000324. The number of methoxy groups -OCH3 is 1. The Morgan fingerprint density at radius 1 is 1.53 bits per heavy atom. The van der Waals surface area contributed by atoms with Gasteiger partial charge in [0.25, 0.3) is 10.0 Å². The number of nitrogens with one attached hydrogen (secondary N) is 2. The van der Waals surface area contributed by atoms with Crippen LogP contribution in [-0.4, -0.2) is 41.1 Å². The van der Waals surface area contributed by atoms with E-state index in [-0.39, 0.29) is 35.6 Å². The fourth-order valence-electron chi connectivity index (χ4n) is 1.09. The van der Waals surface area contributed by atoms with Crippen molar-refractivity contribution in [2.75, 3.05) is 20.7 Å². The fourth-order valence-corrected chi connectivity index (χ4v) is 2.16. The minimum absolute atomic E-state index is 0. The number of carbonyl (C=O) groups excluding carboxylic acids is 1. The van der Waals surface area contributed by atoms with E-state index in [1.54, 1.807) is 7.05 Å². The first-order chi connectivity index (χ1) is 8.40. The second-order valence-electron chi connectivity index (χ2n) is 3.69. The normalized spacial score (nSPS) is 12.6. The van der Waals surface area contributed by atoms with Gasteiger partial charge in [-0.05, 0) is 14.0 Å². The first-order valence-electron chi connectivity index (χ1n) is 5.24. The third kappa shape index (κ3) is 4.83. The van der Waals surface area contributed by atoms with Crippen molar-refractivity contribution in [3.05, 3.63) is 17.9 Å². The predicted molar refractivity (Wildman–Crippen MR) is 71.0 cm³/mol. The molecule has 0 aliphatic carbocycles. The average Bonchev–Trinajstić information content (AvgIpc) is 2.85. The van der Waals surface area contributed by atoms with Crippen molar-refractivity contribution in [3.8, 4) is 0 Å². The Morgan fingerprint density at radius 2 is 2.16 bits per heavy atom. The van der Waals surface area contributed by atoms with Gasteiger partial charge in [0.15, 0.2) is 0 Å². The van der Waals surface area contributed by atoms with E-state index in [0.717, 1.165) is 12.3 Å². The van der Waals surface area contributed by atoms with Crippen molar-refractivity contribution in [3.63, 3.8) is 0 Å². The van der Waals surface area contributed by atoms with Crippen molar-refractivity contribution >= 4 is 28.4 Å². The molecule has 0 aliphatic heterocycles. The number of furan rings is 1. The summed E-state index contributed by atoms with van der Waals surface area (Å²) in [5, 5.41) is 2.58. The second kappa shape index (κ2) is 7.49. The van der Waals surface area contributed by atoms with Crippen LogP contribution in [-0.2, 0) is 14.8 Å². The number of sulfonamides is 1. The van der Waals surface area contributed by atoms with Gasteiger partial charge in [-0.1, -0.05) is 0 Å². The molecule has 1 unspecified atom stereocenters. The van der Waals surface area contributed by atoms with E-state index in [1.807, 2.05) is 6.92 Å². The number of rotatable bonds is 6. The number of carbonyl (C=O) groups is 1. The molecular formula is C10H17ClN2O5S. The molecule has 19 heavy (non-hydrogen) atoms. The molecule has 7 nitrogen and oxygen atoms in total. The summed E-state index contributed by atoms with van der Waals surface area (Å²) in [7, 11) is -0.823. The van der Waals surface area contributed by atoms with Crippen molar-refractivity contribution in [1.82, 2.24) is 10.0 Å². The van der Waals surface area contributed by atoms with Gasteiger partial charge < -0.3 is 14.5 Å². The lowest BCUT2D eigenvalue weighted by Crippen LogP contribution is -2.37. The van der Waals surface area contributed by atoms with E-state index in [2.05, 4.69) is 14.8 Å². The molecule has 0 aromatic carbocycles. The molecule has 0 amide bonds. The Bertz CT molecular complexity index is 514. The van der Waals surface area contributed by atoms with Gasteiger partial charge in [-0.15, -0.1) is 12.4 Å². The van der Waals surface area contributed by atoms with Gasteiger partial charge in [0.2, 0.25) is 5.09 Å². The van der Waals surface area contributed by atoms with Crippen molar-refractivity contribution in [1.29, 1.82) is 0 Å². The van der Waals surface area contributed by atoms with E-state index < -0.39 is 16.0 Å². The van der Waals surface area contributed by atoms with E-state index in [0.29, 0.717) is 0 Å². The first-order valence-corrected chi connectivity index (χ1v) is 6.72. The van der Waals surface area contributed by atoms with Gasteiger partial charge in [-0.2, -0.15) is 0 Å². The topological polar surface area (TPSA) is 97.6 Å². The van der Waals surface area contributed by atoms with Crippen LogP contribution in [0, 0.1) is 0 Å². The van der Waals surface area contributed by atoms with E-state index in [1.165, 1.54) is 7.11 Å². The lowest BCUT2D eigenvalue weighted by atomic mass is 10.3. The highest BCUT2D eigenvalue weighted by Crippen LogP contribution is 2.14. The molecular weight excluding hydrogens is 296 g/mol. The zero-order valence-electron chi connectivity index (χ0n) is 10.8. The number of ether oxygens (including phenoxy) is 1. The van der Waals surface area contributed by atoms with E-state index in [9.17, 15) is 13.2 Å². The second-order valence-corrected chi connectivity index (χ2v) is 5.39. The summed E-state index contributed by atoms with van der Waals surface area (Å²) in [5.74, 6) is -0.649. The standard InChI is InChI=1S/C10H16N2O5S.ClH/c1-7(11-2)5-12-18(14,15)9-4-8(6-17-9)10(13)16-3;/h4,6-7,11-12H,5H2,1-3H3;1H. The van der Waals surface area contributed by atoms with Crippen LogP contribution in [0.1, 0.15) is 17.3 Å². The molecule has 0 saturated carbocycles. The molecule has 0 bridgehead atoms. The minimum Gasteiger partial charge on any atom is -0.465 e. The van der Waals surface area contributed by atoms with E-state index >= 15 is 0 Å². The zero-order chi connectivity index (χ0) is 13.8. The van der Waals surface area contributed by atoms with Crippen molar-refractivity contribution in [2.24, 2.45) is 0 Å². The van der Waals surface area contributed by atoms with Crippen LogP contribution in [0.2, 0.25) is 0 Å². The number of halogens is 1. The maximum absolute atomic E-state index is 11.8. The maximum Gasteiger partial charge on any atom is 0.341 e. The summed E-state index contributed by atoms with van der Waals surface area (Å²) in [6, 6.07) is 1.10. The summed E-state index contributed by atoms with van der Waals surface area (Å²) in [6.07, 6.45) is 1.04.